The topological polar surface area (TPSA) is 137 Å². The van der Waals surface area contributed by atoms with E-state index in [1.165, 1.54) is 25.0 Å². The number of anilines is 1. The Morgan fingerprint density at radius 3 is 2.71 bits per heavy atom. The maximum Gasteiger partial charge on any atom is 0.358 e. The summed E-state index contributed by atoms with van der Waals surface area (Å²) in [5.74, 6) is -1.14. The molecule has 0 aromatic carbocycles. The quantitative estimate of drug-likeness (QED) is 0.638. The van der Waals surface area contributed by atoms with Crippen molar-refractivity contribution in [3.8, 4) is 0 Å². The Hall–Kier alpha value is -2.98. The summed E-state index contributed by atoms with van der Waals surface area (Å²) in [6, 6.07) is 0. The van der Waals surface area contributed by atoms with Gasteiger partial charge in [0, 0.05) is 20.6 Å². The number of hydrogen-bond donors (Lipinski definition) is 2. The normalized spacial score (nSPS) is 10.6. The van der Waals surface area contributed by atoms with Crippen LogP contribution in [0.3, 0.4) is 0 Å². The van der Waals surface area contributed by atoms with Crippen LogP contribution in [-0.2, 0) is 20.6 Å². The van der Waals surface area contributed by atoms with Gasteiger partial charge < -0.3 is 10.4 Å². The van der Waals surface area contributed by atoms with E-state index in [9.17, 15) is 14.4 Å². The van der Waals surface area contributed by atoms with Gasteiger partial charge in [-0.2, -0.15) is 0 Å². The second kappa shape index (κ2) is 5.56. The molecule has 0 fully saturated rings. The molecule has 2 aromatic rings. The van der Waals surface area contributed by atoms with Crippen LogP contribution in [-0.4, -0.2) is 47.0 Å². The van der Waals surface area contributed by atoms with E-state index in [2.05, 4.69) is 20.7 Å². The zero-order valence-corrected chi connectivity index (χ0v) is 11.3. The molecular weight excluding hydrogens is 282 g/mol. The predicted octanol–water partition coefficient (Wildman–Crippen LogP) is -2.12. The van der Waals surface area contributed by atoms with Crippen LogP contribution in [0.25, 0.3) is 0 Å². The highest BCUT2D eigenvalue weighted by molar-refractivity contribution is 5.84. The number of carboxylic acid groups (broad SMARTS) is 1. The van der Waals surface area contributed by atoms with E-state index in [4.69, 9.17) is 5.11 Å². The van der Waals surface area contributed by atoms with Crippen LogP contribution in [0.5, 0.6) is 0 Å². The van der Waals surface area contributed by atoms with Gasteiger partial charge in [0.2, 0.25) is 5.82 Å². The first-order chi connectivity index (χ1) is 9.90. The third-order valence-corrected chi connectivity index (χ3v) is 2.71. The summed E-state index contributed by atoms with van der Waals surface area (Å²) in [4.78, 5) is 33.9. The molecule has 21 heavy (non-hydrogen) atoms. The van der Waals surface area contributed by atoms with Crippen molar-refractivity contribution in [2.45, 2.75) is 6.54 Å². The molecule has 0 unspecified atom stereocenters. The maximum absolute atomic E-state index is 11.8. The Balaban J connectivity index is 2.05. The van der Waals surface area contributed by atoms with E-state index in [-0.39, 0.29) is 24.6 Å². The standard InChI is InChI=1S/C10H13N7O4/c1-15-8(18)7(13-16(2)10(15)21)11-3-4-17-5-6(9(19)20)12-14-17/h5H,3-4H2,1-2H3,(H,11,13)(H,19,20). The minimum Gasteiger partial charge on any atom is -0.476 e. The lowest BCUT2D eigenvalue weighted by Gasteiger charge is -2.07. The van der Waals surface area contributed by atoms with Gasteiger partial charge in [-0.15, -0.1) is 10.2 Å². The Morgan fingerprint density at radius 2 is 2.10 bits per heavy atom. The van der Waals surface area contributed by atoms with E-state index in [0.29, 0.717) is 0 Å². The van der Waals surface area contributed by atoms with E-state index in [1.807, 2.05) is 0 Å². The molecule has 0 aliphatic heterocycles. The first-order valence-corrected chi connectivity index (χ1v) is 5.92. The van der Waals surface area contributed by atoms with Gasteiger partial charge in [-0.05, 0) is 0 Å². The molecule has 11 nitrogen and oxygen atoms in total. The van der Waals surface area contributed by atoms with E-state index < -0.39 is 17.2 Å². The molecule has 2 heterocycles. The van der Waals surface area contributed by atoms with Crippen molar-refractivity contribution >= 4 is 11.8 Å². The number of nitrogens with zero attached hydrogens (tertiary/aromatic N) is 6. The zero-order chi connectivity index (χ0) is 15.6. The maximum atomic E-state index is 11.8. The van der Waals surface area contributed by atoms with Gasteiger partial charge >= 0.3 is 11.7 Å². The first kappa shape index (κ1) is 14.4. The number of nitrogens with one attached hydrogen (secondary N) is 1. The van der Waals surface area contributed by atoms with Gasteiger partial charge in [-0.25, -0.2) is 19.0 Å². The van der Waals surface area contributed by atoms with Crippen LogP contribution in [0.1, 0.15) is 10.5 Å². The zero-order valence-electron chi connectivity index (χ0n) is 11.3. The predicted molar refractivity (Wildman–Crippen MR) is 70.2 cm³/mol. The molecule has 0 amide bonds. The molecule has 112 valence electrons. The Bertz CT molecular complexity index is 787. The fourth-order valence-electron chi connectivity index (χ4n) is 1.60. The van der Waals surface area contributed by atoms with E-state index in [0.717, 1.165) is 9.25 Å². The third kappa shape index (κ3) is 2.96. The second-order valence-corrected chi connectivity index (χ2v) is 4.22. The molecule has 0 bridgehead atoms. The lowest BCUT2D eigenvalue weighted by Crippen LogP contribution is -2.40. The minimum absolute atomic E-state index is 0.0261. The molecule has 11 heteroatoms. The highest BCUT2D eigenvalue weighted by Crippen LogP contribution is 1.94. The number of aromatic carboxylic acids is 1. The highest BCUT2D eigenvalue weighted by Gasteiger charge is 2.10. The van der Waals surface area contributed by atoms with Crippen LogP contribution in [0, 0.1) is 0 Å². The summed E-state index contributed by atoms with van der Waals surface area (Å²) < 4.78 is 3.30. The Morgan fingerprint density at radius 1 is 1.38 bits per heavy atom. The number of aromatic nitrogens is 6. The van der Waals surface area contributed by atoms with Crippen molar-refractivity contribution in [2.75, 3.05) is 11.9 Å². The average Bonchev–Trinajstić information content (AvgIpc) is 2.91. The molecule has 0 atom stereocenters. The summed E-state index contributed by atoms with van der Waals surface area (Å²) in [6.45, 7) is 0.552. The Labute approximate surface area is 117 Å². The van der Waals surface area contributed by atoms with Crippen molar-refractivity contribution < 1.29 is 9.90 Å². The largest absolute Gasteiger partial charge is 0.476 e. The van der Waals surface area contributed by atoms with Crippen molar-refractivity contribution in [3.63, 3.8) is 0 Å². The molecule has 0 saturated carbocycles. The molecule has 2 N–H and O–H groups in total. The summed E-state index contributed by atoms with van der Waals surface area (Å²) in [7, 11) is 2.79. The third-order valence-electron chi connectivity index (χ3n) is 2.71. The van der Waals surface area contributed by atoms with Gasteiger partial charge in [-0.1, -0.05) is 5.21 Å². The summed E-state index contributed by atoms with van der Waals surface area (Å²) >= 11 is 0. The molecular formula is C10H13N7O4. The summed E-state index contributed by atoms with van der Waals surface area (Å²) in [5.41, 5.74) is -1.22. The lowest BCUT2D eigenvalue weighted by molar-refractivity contribution is 0.0690. The summed E-state index contributed by atoms with van der Waals surface area (Å²) in [5, 5.41) is 22.4. The average molecular weight is 295 g/mol. The van der Waals surface area contributed by atoms with Crippen LogP contribution < -0.4 is 16.6 Å². The van der Waals surface area contributed by atoms with Crippen LogP contribution in [0.2, 0.25) is 0 Å². The van der Waals surface area contributed by atoms with E-state index in [1.54, 1.807) is 0 Å². The molecule has 2 aromatic heterocycles. The van der Waals surface area contributed by atoms with Crippen LogP contribution >= 0.6 is 0 Å². The smallest absolute Gasteiger partial charge is 0.358 e. The second-order valence-electron chi connectivity index (χ2n) is 4.22. The van der Waals surface area contributed by atoms with Gasteiger partial charge in [0.05, 0.1) is 12.7 Å². The van der Waals surface area contributed by atoms with Gasteiger partial charge in [0.25, 0.3) is 5.56 Å². The number of carboxylic acids is 1. The molecule has 0 saturated heterocycles. The van der Waals surface area contributed by atoms with Crippen LogP contribution in [0.4, 0.5) is 5.82 Å². The minimum atomic E-state index is -1.16. The number of rotatable bonds is 5. The van der Waals surface area contributed by atoms with Crippen LogP contribution in [0.15, 0.2) is 15.8 Å². The first-order valence-electron chi connectivity index (χ1n) is 5.92. The number of hydrogen-bond acceptors (Lipinski definition) is 7. The fraction of sp³-hybridized carbons (Fsp3) is 0.400. The number of carbonyl (C=O) groups is 1. The van der Waals surface area contributed by atoms with E-state index >= 15 is 0 Å². The molecule has 2 rings (SSSR count). The molecule has 0 aliphatic rings. The van der Waals surface area contributed by atoms with Crippen molar-refractivity contribution in [2.24, 2.45) is 14.1 Å². The Kier molecular flexibility index (Phi) is 3.82. The summed E-state index contributed by atoms with van der Waals surface area (Å²) in [6.07, 6.45) is 1.27. The lowest BCUT2D eigenvalue weighted by atomic mass is 10.5. The fourth-order valence-corrected chi connectivity index (χ4v) is 1.60. The molecule has 0 spiro atoms. The van der Waals surface area contributed by atoms with Crippen molar-refractivity contribution in [1.29, 1.82) is 0 Å². The van der Waals surface area contributed by atoms with Crippen molar-refractivity contribution in [1.82, 2.24) is 29.3 Å². The molecule has 0 radical (unpaired) electrons. The highest BCUT2D eigenvalue weighted by atomic mass is 16.4. The van der Waals surface area contributed by atoms with Crippen molar-refractivity contribution in [3.05, 3.63) is 32.7 Å². The van der Waals surface area contributed by atoms with Gasteiger partial charge in [-0.3, -0.25) is 9.36 Å². The van der Waals surface area contributed by atoms with Gasteiger partial charge in [0.15, 0.2) is 5.69 Å². The van der Waals surface area contributed by atoms with Gasteiger partial charge in [0.1, 0.15) is 0 Å². The monoisotopic (exact) mass is 295 g/mol. The number of aryl methyl sites for hydroxylation is 1. The SMILES string of the molecule is Cn1nc(NCCn2cc(C(=O)O)nn2)c(=O)n(C)c1=O. The molecule has 0 aliphatic carbocycles.